The first-order chi connectivity index (χ1) is 11.9. The topological polar surface area (TPSA) is 43.4 Å². The molecule has 0 atom stereocenters. The lowest BCUT2D eigenvalue weighted by atomic mass is 9.90. The van der Waals surface area contributed by atoms with E-state index in [4.69, 9.17) is 4.74 Å². The van der Waals surface area contributed by atoms with Crippen LogP contribution in [-0.2, 0) is 17.5 Å². The summed E-state index contributed by atoms with van der Waals surface area (Å²) in [5.74, 6) is -0.591. The second kappa shape index (κ2) is 6.64. The van der Waals surface area contributed by atoms with E-state index in [1.807, 2.05) is 0 Å². The van der Waals surface area contributed by atoms with E-state index < -0.39 is 11.7 Å². The molecule has 0 amide bonds. The van der Waals surface area contributed by atoms with Crippen molar-refractivity contribution in [3.8, 4) is 0 Å². The maximum atomic E-state index is 12.7. The van der Waals surface area contributed by atoms with Crippen LogP contribution in [0.25, 0.3) is 0 Å². The zero-order valence-electron chi connectivity index (χ0n) is 13.0. The Morgan fingerprint density at radius 3 is 2.32 bits per heavy atom. The second-order valence-electron chi connectivity index (χ2n) is 5.60. The minimum atomic E-state index is -4.42. The molecular weight excluding hydrogens is 333 g/mol. The lowest BCUT2D eigenvalue weighted by Crippen LogP contribution is -2.19. The normalized spacial score (nSPS) is 14.3. The maximum Gasteiger partial charge on any atom is 0.416 e. The molecule has 128 valence electrons. The standard InChI is InChI=1S/C19H13F3O3/c20-19(21,22)14-5-3-4-12(8-14)10-25-11-13-9-17(23)15-6-1-2-7-16(15)18(13)24/h1-9H,10-11H2. The highest BCUT2D eigenvalue weighted by molar-refractivity contribution is 6.24. The highest BCUT2D eigenvalue weighted by atomic mass is 19.4. The molecule has 0 bridgehead atoms. The van der Waals surface area contributed by atoms with Gasteiger partial charge in [-0.2, -0.15) is 13.2 Å². The summed E-state index contributed by atoms with van der Waals surface area (Å²) in [6.45, 7) is -0.237. The molecule has 0 fully saturated rings. The van der Waals surface area contributed by atoms with Crippen molar-refractivity contribution in [1.82, 2.24) is 0 Å². The minimum absolute atomic E-state index is 0.0929. The van der Waals surface area contributed by atoms with Gasteiger partial charge in [-0.25, -0.2) is 0 Å². The van der Waals surface area contributed by atoms with E-state index in [9.17, 15) is 22.8 Å². The summed E-state index contributed by atoms with van der Waals surface area (Å²) in [5, 5.41) is 0. The molecule has 1 aliphatic rings. The predicted octanol–water partition coefficient (Wildman–Crippen LogP) is 4.23. The zero-order valence-corrected chi connectivity index (χ0v) is 13.0. The molecule has 0 radical (unpaired) electrons. The molecule has 1 aliphatic carbocycles. The average molecular weight is 346 g/mol. The number of allylic oxidation sites excluding steroid dienone is 1. The summed E-state index contributed by atoms with van der Waals surface area (Å²) < 4.78 is 43.4. The van der Waals surface area contributed by atoms with Crippen LogP contribution in [0.15, 0.2) is 60.2 Å². The van der Waals surface area contributed by atoms with Crippen molar-refractivity contribution in [2.75, 3.05) is 6.61 Å². The number of fused-ring (bicyclic) bond motifs is 1. The molecule has 0 saturated heterocycles. The summed E-state index contributed by atoms with van der Waals surface area (Å²) >= 11 is 0. The van der Waals surface area contributed by atoms with Crippen LogP contribution in [0.1, 0.15) is 31.8 Å². The largest absolute Gasteiger partial charge is 0.416 e. The molecule has 3 rings (SSSR count). The van der Waals surface area contributed by atoms with Crippen LogP contribution in [0.2, 0.25) is 0 Å². The Morgan fingerprint density at radius 1 is 0.880 bits per heavy atom. The molecular formula is C19H13F3O3. The van der Waals surface area contributed by atoms with Crippen LogP contribution in [-0.4, -0.2) is 18.2 Å². The number of alkyl halides is 3. The van der Waals surface area contributed by atoms with Crippen LogP contribution in [0.4, 0.5) is 13.2 Å². The van der Waals surface area contributed by atoms with Gasteiger partial charge in [0, 0.05) is 16.7 Å². The summed E-state index contributed by atoms with van der Waals surface area (Å²) in [6, 6.07) is 11.3. The van der Waals surface area contributed by atoms with Gasteiger partial charge in [0.1, 0.15) is 0 Å². The van der Waals surface area contributed by atoms with Crippen molar-refractivity contribution in [3.63, 3.8) is 0 Å². The Bertz CT molecular complexity index is 866. The first-order valence-electron chi connectivity index (χ1n) is 7.49. The molecule has 2 aromatic carbocycles. The Hall–Kier alpha value is -2.73. The van der Waals surface area contributed by atoms with Gasteiger partial charge < -0.3 is 4.74 Å². The lowest BCUT2D eigenvalue weighted by Gasteiger charge is -2.15. The van der Waals surface area contributed by atoms with E-state index in [0.29, 0.717) is 16.7 Å². The van der Waals surface area contributed by atoms with E-state index in [-0.39, 0.29) is 30.4 Å². The molecule has 2 aromatic rings. The molecule has 3 nitrogen and oxygen atoms in total. The fourth-order valence-corrected chi connectivity index (χ4v) is 2.59. The summed E-state index contributed by atoms with van der Waals surface area (Å²) in [4.78, 5) is 24.4. The SMILES string of the molecule is O=C1C=C(COCc2cccc(C(F)(F)F)c2)C(=O)c2ccccc21. The number of carbonyl (C=O) groups is 2. The van der Waals surface area contributed by atoms with Crippen molar-refractivity contribution < 1.29 is 27.5 Å². The molecule has 0 heterocycles. The Kier molecular flexibility index (Phi) is 4.55. The first kappa shape index (κ1) is 17.1. The summed E-state index contributed by atoms with van der Waals surface area (Å²) in [5.41, 5.74) is 0.425. The Balaban J connectivity index is 1.67. The third-order valence-electron chi connectivity index (χ3n) is 3.81. The number of Topliss-reactive ketones (excluding diaryl/α,β-unsaturated/α-hetero) is 1. The number of benzene rings is 2. The quantitative estimate of drug-likeness (QED) is 0.832. The van der Waals surface area contributed by atoms with Gasteiger partial charge in [0.2, 0.25) is 0 Å². The van der Waals surface area contributed by atoms with Crippen molar-refractivity contribution in [3.05, 3.63) is 82.4 Å². The maximum absolute atomic E-state index is 12.7. The van der Waals surface area contributed by atoms with E-state index in [1.54, 1.807) is 24.3 Å². The Morgan fingerprint density at radius 2 is 1.60 bits per heavy atom. The fourth-order valence-electron chi connectivity index (χ4n) is 2.59. The van der Waals surface area contributed by atoms with Gasteiger partial charge in [0.25, 0.3) is 0 Å². The molecule has 0 saturated carbocycles. The number of carbonyl (C=O) groups excluding carboxylic acids is 2. The predicted molar refractivity (Wildman–Crippen MR) is 84.3 cm³/mol. The van der Waals surface area contributed by atoms with Crippen LogP contribution in [0, 0.1) is 0 Å². The number of halogens is 3. The number of hydrogen-bond donors (Lipinski definition) is 0. The number of ketones is 2. The second-order valence-corrected chi connectivity index (χ2v) is 5.60. The highest BCUT2D eigenvalue weighted by Crippen LogP contribution is 2.29. The molecule has 0 spiro atoms. The van der Waals surface area contributed by atoms with Crippen molar-refractivity contribution in [2.45, 2.75) is 12.8 Å². The lowest BCUT2D eigenvalue weighted by molar-refractivity contribution is -0.137. The Labute approximate surface area is 141 Å². The van der Waals surface area contributed by atoms with Gasteiger partial charge in [-0.3, -0.25) is 9.59 Å². The smallest absolute Gasteiger partial charge is 0.372 e. The van der Waals surface area contributed by atoms with Gasteiger partial charge >= 0.3 is 6.18 Å². The fraction of sp³-hybridized carbons (Fsp3) is 0.158. The van der Waals surface area contributed by atoms with Gasteiger partial charge in [-0.15, -0.1) is 0 Å². The van der Waals surface area contributed by atoms with Crippen molar-refractivity contribution in [2.24, 2.45) is 0 Å². The van der Waals surface area contributed by atoms with Crippen molar-refractivity contribution in [1.29, 1.82) is 0 Å². The van der Waals surface area contributed by atoms with E-state index in [1.165, 1.54) is 18.2 Å². The summed E-state index contributed by atoms with van der Waals surface area (Å²) in [6.07, 6.45) is -3.20. The highest BCUT2D eigenvalue weighted by Gasteiger charge is 2.30. The zero-order chi connectivity index (χ0) is 18.0. The number of rotatable bonds is 4. The van der Waals surface area contributed by atoms with E-state index in [2.05, 4.69) is 0 Å². The molecule has 0 unspecified atom stereocenters. The van der Waals surface area contributed by atoms with Crippen LogP contribution in [0.5, 0.6) is 0 Å². The van der Waals surface area contributed by atoms with Crippen LogP contribution >= 0.6 is 0 Å². The molecule has 6 heteroatoms. The third kappa shape index (κ3) is 3.69. The van der Waals surface area contributed by atoms with Gasteiger partial charge in [-0.1, -0.05) is 36.4 Å². The number of ether oxygens (including phenoxy) is 1. The summed E-state index contributed by atoms with van der Waals surface area (Å²) in [7, 11) is 0. The van der Waals surface area contributed by atoms with E-state index in [0.717, 1.165) is 12.1 Å². The van der Waals surface area contributed by atoms with Gasteiger partial charge in [0.05, 0.1) is 18.8 Å². The first-order valence-corrected chi connectivity index (χ1v) is 7.49. The van der Waals surface area contributed by atoms with Gasteiger partial charge in [0.15, 0.2) is 11.6 Å². The monoisotopic (exact) mass is 346 g/mol. The molecule has 0 aromatic heterocycles. The number of hydrogen-bond acceptors (Lipinski definition) is 3. The average Bonchev–Trinajstić information content (AvgIpc) is 2.59. The molecule has 25 heavy (non-hydrogen) atoms. The van der Waals surface area contributed by atoms with Crippen LogP contribution in [0.3, 0.4) is 0 Å². The third-order valence-corrected chi connectivity index (χ3v) is 3.81. The minimum Gasteiger partial charge on any atom is -0.372 e. The van der Waals surface area contributed by atoms with Crippen molar-refractivity contribution >= 4 is 11.6 Å². The molecule has 0 aliphatic heterocycles. The molecule has 0 N–H and O–H groups in total. The van der Waals surface area contributed by atoms with E-state index >= 15 is 0 Å². The van der Waals surface area contributed by atoms with Crippen LogP contribution < -0.4 is 0 Å². The van der Waals surface area contributed by atoms with Gasteiger partial charge in [-0.05, 0) is 23.8 Å².